The van der Waals surface area contributed by atoms with Crippen molar-refractivity contribution in [2.24, 2.45) is 0 Å². The fourth-order valence-electron chi connectivity index (χ4n) is 2.92. The van der Waals surface area contributed by atoms with Crippen LogP contribution in [0.4, 0.5) is 5.82 Å². The molecule has 0 saturated carbocycles. The molecule has 2 heterocycles. The first-order chi connectivity index (χ1) is 10.1. The summed E-state index contributed by atoms with van der Waals surface area (Å²) >= 11 is 0. The number of benzene rings is 1. The van der Waals surface area contributed by atoms with Crippen molar-refractivity contribution in [3.8, 4) is 5.88 Å². The van der Waals surface area contributed by atoms with Gasteiger partial charge in [-0.2, -0.15) is 0 Å². The number of β-amino-alcohol motifs (C(OH)–C–C–N with tert-alkyl or cyclic N) is 1. The minimum absolute atomic E-state index is 0.526. The Morgan fingerprint density at radius 1 is 1.29 bits per heavy atom. The molecule has 0 bridgehead atoms. The normalized spacial score (nSPS) is 21.6. The Balaban J connectivity index is 1.86. The lowest BCUT2D eigenvalue weighted by Gasteiger charge is -2.26. The number of aliphatic hydroxyl groups is 1. The molecule has 1 aromatic heterocycles. The summed E-state index contributed by atoms with van der Waals surface area (Å²) in [7, 11) is 1.58. The van der Waals surface area contributed by atoms with Crippen LogP contribution in [0, 0.1) is 6.92 Å². The minimum atomic E-state index is -0.830. The van der Waals surface area contributed by atoms with E-state index in [1.165, 1.54) is 6.33 Å². The second-order valence-electron chi connectivity index (χ2n) is 5.44. The second-order valence-corrected chi connectivity index (χ2v) is 5.44. The van der Waals surface area contributed by atoms with Crippen molar-refractivity contribution in [1.29, 1.82) is 0 Å². The summed E-state index contributed by atoms with van der Waals surface area (Å²) in [5, 5.41) is 11.0. The van der Waals surface area contributed by atoms with Gasteiger partial charge in [0.15, 0.2) is 0 Å². The molecule has 0 spiro atoms. The molecule has 1 N–H and O–H groups in total. The molecule has 21 heavy (non-hydrogen) atoms. The molecule has 1 aliphatic heterocycles. The van der Waals surface area contributed by atoms with Gasteiger partial charge in [0.1, 0.15) is 17.7 Å². The van der Waals surface area contributed by atoms with Crippen LogP contribution in [0.5, 0.6) is 5.88 Å². The van der Waals surface area contributed by atoms with Crippen molar-refractivity contribution in [1.82, 2.24) is 9.97 Å². The van der Waals surface area contributed by atoms with Crippen molar-refractivity contribution < 1.29 is 9.84 Å². The molecule has 1 aromatic carbocycles. The highest BCUT2D eigenvalue weighted by Gasteiger charge is 2.39. The van der Waals surface area contributed by atoms with Gasteiger partial charge in [-0.1, -0.05) is 24.3 Å². The third-order valence-corrected chi connectivity index (χ3v) is 4.05. The minimum Gasteiger partial charge on any atom is -0.481 e. The van der Waals surface area contributed by atoms with Crippen LogP contribution in [0.2, 0.25) is 0 Å². The Morgan fingerprint density at radius 2 is 2.10 bits per heavy atom. The lowest BCUT2D eigenvalue weighted by molar-refractivity contribution is 0.0600. The Morgan fingerprint density at radius 3 is 2.86 bits per heavy atom. The standard InChI is InChI=1S/C16H19N3O2/c1-12-5-3-4-6-13(12)16(20)7-8-19(10-16)14-9-15(21-2)18-11-17-14/h3-6,9,11,20H,7-8,10H2,1-2H3/t16-/m1/s1. The van der Waals surface area contributed by atoms with Crippen LogP contribution in [0.25, 0.3) is 0 Å². The summed E-state index contributed by atoms with van der Waals surface area (Å²) < 4.78 is 5.13. The first-order valence-corrected chi connectivity index (χ1v) is 7.02. The van der Waals surface area contributed by atoms with Gasteiger partial charge in [-0.05, 0) is 24.5 Å². The fraction of sp³-hybridized carbons (Fsp3) is 0.375. The van der Waals surface area contributed by atoms with E-state index in [4.69, 9.17) is 4.74 Å². The predicted molar refractivity (Wildman–Crippen MR) is 80.5 cm³/mol. The molecule has 0 amide bonds. The van der Waals surface area contributed by atoms with E-state index in [1.807, 2.05) is 31.2 Å². The molecule has 3 rings (SSSR count). The largest absolute Gasteiger partial charge is 0.481 e. The zero-order valence-electron chi connectivity index (χ0n) is 12.3. The molecular formula is C16H19N3O2. The molecule has 2 aromatic rings. The molecule has 0 unspecified atom stereocenters. The Labute approximate surface area is 124 Å². The number of hydrogen-bond acceptors (Lipinski definition) is 5. The van der Waals surface area contributed by atoms with Crippen molar-refractivity contribution in [2.45, 2.75) is 18.9 Å². The van der Waals surface area contributed by atoms with E-state index in [-0.39, 0.29) is 0 Å². The molecule has 110 valence electrons. The van der Waals surface area contributed by atoms with Gasteiger partial charge in [0, 0.05) is 12.6 Å². The number of aryl methyl sites for hydroxylation is 1. The van der Waals surface area contributed by atoms with Gasteiger partial charge >= 0.3 is 0 Å². The Hall–Kier alpha value is -2.14. The maximum Gasteiger partial charge on any atom is 0.218 e. The highest BCUT2D eigenvalue weighted by Crippen LogP contribution is 2.35. The number of anilines is 1. The predicted octanol–water partition coefficient (Wildman–Crippen LogP) is 1.89. The summed E-state index contributed by atoms with van der Waals surface area (Å²) in [5.74, 6) is 1.32. The van der Waals surface area contributed by atoms with Crippen LogP contribution in [0.3, 0.4) is 0 Å². The molecule has 1 fully saturated rings. The number of aromatic nitrogens is 2. The second kappa shape index (κ2) is 5.33. The smallest absolute Gasteiger partial charge is 0.218 e. The SMILES string of the molecule is COc1cc(N2CC[C@](O)(c3ccccc3C)C2)ncn1. The van der Waals surface area contributed by atoms with Crippen LogP contribution in [-0.4, -0.2) is 35.3 Å². The van der Waals surface area contributed by atoms with Gasteiger partial charge < -0.3 is 14.7 Å². The summed E-state index contributed by atoms with van der Waals surface area (Å²) in [6.45, 7) is 3.31. The van der Waals surface area contributed by atoms with Gasteiger partial charge in [0.05, 0.1) is 13.7 Å². The maximum atomic E-state index is 11.0. The third kappa shape index (κ3) is 2.56. The molecule has 0 aliphatic carbocycles. The zero-order valence-corrected chi connectivity index (χ0v) is 12.3. The van der Waals surface area contributed by atoms with Crippen LogP contribution in [-0.2, 0) is 5.60 Å². The summed E-state index contributed by atoms with van der Waals surface area (Å²) in [4.78, 5) is 10.4. The van der Waals surface area contributed by atoms with Gasteiger partial charge in [0.2, 0.25) is 5.88 Å². The lowest BCUT2D eigenvalue weighted by atomic mass is 9.89. The monoisotopic (exact) mass is 285 g/mol. The highest BCUT2D eigenvalue weighted by molar-refractivity contribution is 5.45. The first-order valence-electron chi connectivity index (χ1n) is 7.02. The Kier molecular flexibility index (Phi) is 3.51. The average molecular weight is 285 g/mol. The van der Waals surface area contributed by atoms with Crippen molar-refractivity contribution in [3.63, 3.8) is 0 Å². The summed E-state index contributed by atoms with van der Waals surface area (Å²) in [6, 6.07) is 9.79. The Bertz CT molecular complexity index is 647. The van der Waals surface area contributed by atoms with E-state index in [2.05, 4.69) is 14.9 Å². The van der Waals surface area contributed by atoms with Gasteiger partial charge in [0.25, 0.3) is 0 Å². The molecule has 5 heteroatoms. The number of hydrogen-bond donors (Lipinski definition) is 1. The molecular weight excluding hydrogens is 266 g/mol. The fourth-order valence-corrected chi connectivity index (χ4v) is 2.92. The van der Waals surface area contributed by atoms with E-state index in [1.54, 1.807) is 13.2 Å². The number of nitrogens with zero attached hydrogens (tertiary/aromatic N) is 3. The summed E-state index contributed by atoms with van der Waals surface area (Å²) in [6.07, 6.45) is 2.17. The van der Waals surface area contributed by atoms with E-state index in [0.29, 0.717) is 18.8 Å². The molecule has 5 nitrogen and oxygen atoms in total. The van der Waals surface area contributed by atoms with Gasteiger partial charge in [-0.15, -0.1) is 0 Å². The molecule has 1 atom stereocenters. The quantitative estimate of drug-likeness (QED) is 0.933. The van der Waals surface area contributed by atoms with Crippen molar-refractivity contribution >= 4 is 5.82 Å². The highest BCUT2D eigenvalue weighted by atomic mass is 16.5. The first kappa shape index (κ1) is 13.8. The van der Waals surface area contributed by atoms with Crippen LogP contribution in [0.15, 0.2) is 36.7 Å². The third-order valence-electron chi connectivity index (χ3n) is 4.05. The lowest BCUT2D eigenvalue weighted by Crippen LogP contribution is -2.31. The van der Waals surface area contributed by atoms with Gasteiger partial charge in [-0.25, -0.2) is 9.97 Å². The van der Waals surface area contributed by atoms with E-state index >= 15 is 0 Å². The van der Waals surface area contributed by atoms with Crippen LogP contribution < -0.4 is 9.64 Å². The van der Waals surface area contributed by atoms with E-state index < -0.39 is 5.60 Å². The topological polar surface area (TPSA) is 58.5 Å². The van der Waals surface area contributed by atoms with Crippen LogP contribution in [0.1, 0.15) is 17.5 Å². The average Bonchev–Trinajstić information content (AvgIpc) is 2.91. The molecule has 1 saturated heterocycles. The number of methoxy groups -OCH3 is 1. The number of rotatable bonds is 3. The molecule has 1 aliphatic rings. The molecule has 0 radical (unpaired) electrons. The van der Waals surface area contributed by atoms with Crippen molar-refractivity contribution in [2.75, 3.05) is 25.1 Å². The summed E-state index contributed by atoms with van der Waals surface area (Å²) in [5.41, 5.74) is 1.28. The van der Waals surface area contributed by atoms with Crippen LogP contribution >= 0.6 is 0 Å². The van der Waals surface area contributed by atoms with Crippen molar-refractivity contribution in [3.05, 3.63) is 47.8 Å². The maximum absolute atomic E-state index is 11.0. The zero-order chi connectivity index (χ0) is 14.9. The van der Waals surface area contributed by atoms with E-state index in [9.17, 15) is 5.11 Å². The van der Waals surface area contributed by atoms with E-state index in [0.717, 1.165) is 23.5 Å². The van der Waals surface area contributed by atoms with Gasteiger partial charge in [-0.3, -0.25) is 0 Å². The number of ether oxygens (including phenoxy) is 1.